The van der Waals surface area contributed by atoms with Gasteiger partial charge in [-0.2, -0.15) is 5.10 Å². The number of aromatic hydroxyl groups is 1. The Balaban J connectivity index is 1.57. The highest BCUT2D eigenvalue weighted by atomic mass is 32.2. The van der Waals surface area contributed by atoms with Crippen LogP contribution in [0.4, 0.5) is 17.1 Å². The molecule has 40 heavy (non-hydrogen) atoms. The number of hydrazone groups is 1. The fraction of sp³-hybridized carbons (Fsp3) is 0.100. The lowest BCUT2D eigenvalue weighted by Crippen LogP contribution is -2.26. The Labute approximate surface area is 230 Å². The Hall–Kier alpha value is -4.96. The van der Waals surface area contributed by atoms with Crippen LogP contribution in [0.3, 0.4) is 0 Å². The van der Waals surface area contributed by atoms with E-state index >= 15 is 0 Å². The van der Waals surface area contributed by atoms with Gasteiger partial charge in [-0.05, 0) is 79.1 Å². The first-order valence-electron chi connectivity index (χ1n) is 12.2. The number of aryl methyl sites for hydroxylation is 2. The van der Waals surface area contributed by atoms with E-state index in [0.29, 0.717) is 28.1 Å². The number of phenols is 1. The minimum Gasteiger partial charge on any atom is -0.505 e. The van der Waals surface area contributed by atoms with Gasteiger partial charge in [0.25, 0.3) is 5.91 Å². The molecule has 0 saturated carbocycles. The molecule has 3 N–H and O–H groups in total. The number of hydrogen-bond donors (Lipinski definition) is 3. The smallest absolute Gasteiger partial charge is 0.335 e. The van der Waals surface area contributed by atoms with Crippen LogP contribution in [-0.4, -0.2) is 42.5 Å². The first kappa shape index (κ1) is 26.6. The number of carbonyl (C=O) groups is 2. The van der Waals surface area contributed by atoms with Crippen LogP contribution in [0, 0.1) is 13.8 Å². The zero-order valence-corrected chi connectivity index (χ0v) is 22.7. The van der Waals surface area contributed by atoms with Crippen LogP contribution >= 0.6 is 0 Å². The number of sulfone groups is 1. The highest BCUT2D eigenvalue weighted by molar-refractivity contribution is 7.90. The number of benzene rings is 4. The summed E-state index contributed by atoms with van der Waals surface area (Å²) in [6.45, 7) is 3.88. The molecule has 1 heterocycles. The third kappa shape index (κ3) is 4.80. The number of fused-ring (bicyclic) bond motifs is 1. The Morgan fingerprint density at radius 2 is 1.65 bits per heavy atom. The third-order valence-electron chi connectivity index (χ3n) is 6.79. The monoisotopic (exact) mass is 555 g/mol. The van der Waals surface area contributed by atoms with E-state index in [1.807, 2.05) is 26.0 Å². The maximum absolute atomic E-state index is 13.7. The largest absolute Gasteiger partial charge is 0.505 e. The number of aromatic carboxylic acids is 1. The van der Waals surface area contributed by atoms with Crippen molar-refractivity contribution in [2.45, 2.75) is 18.7 Å². The van der Waals surface area contributed by atoms with E-state index in [1.165, 1.54) is 29.2 Å². The molecule has 0 unspecified atom stereocenters. The second-order valence-electron chi connectivity index (χ2n) is 9.52. The minimum absolute atomic E-state index is 0.0333. The van der Waals surface area contributed by atoms with Gasteiger partial charge in [-0.3, -0.25) is 15.1 Å². The molecular formula is C30H25N3O6S. The Bertz CT molecular complexity index is 1850. The molecule has 4 aromatic carbocycles. The number of nitrogens with one attached hydrogen (secondary N) is 1. The first-order valence-corrected chi connectivity index (χ1v) is 14.1. The van der Waals surface area contributed by atoms with Gasteiger partial charge in [0.2, 0.25) is 0 Å². The average Bonchev–Trinajstić information content (AvgIpc) is 3.19. The molecule has 4 aromatic rings. The van der Waals surface area contributed by atoms with Gasteiger partial charge in [-0.25, -0.2) is 13.2 Å². The van der Waals surface area contributed by atoms with Gasteiger partial charge in [0.15, 0.2) is 15.5 Å². The van der Waals surface area contributed by atoms with E-state index in [9.17, 15) is 28.2 Å². The molecule has 10 heteroatoms. The number of phenolic OH excluding ortho intramolecular Hbond substituents is 1. The second kappa shape index (κ2) is 9.97. The Morgan fingerprint density at radius 3 is 2.35 bits per heavy atom. The number of nitrogens with zero attached hydrogens (tertiary/aromatic N) is 2. The predicted octanol–water partition coefficient (Wildman–Crippen LogP) is 5.27. The van der Waals surface area contributed by atoms with Crippen molar-refractivity contribution in [1.82, 2.24) is 0 Å². The van der Waals surface area contributed by atoms with E-state index < -0.39 is 21.7 Å². The van der Waals surface area contributed by atoms with Crippen molar-refractivity contribution in [3.8, 4) is 16.9 Å². The highest BCUT2D eigenvalue weighted by Crippen LogP contribution is 2.39. The van der Waals surface area contributed by atoms with Crippen LogP contribution in [0.25, 0.3) is 11.1 Å². The van der Waals surface area contributed by atoms with E-state index in [1.54, 1.807) is 42.5 Å². The molecule has 1 amide bonds. The van der Waals surface area contributed by atoms with Crippen LogP contribution in [0.1, 0.15) is 27.0 Å². The van der Waals surface area contributed by atoms with E-state index in [-0.39, 0.29) is 27.6 Å². The SMILES string of the molecule is Cc1ccc(N2C(=O)C(=NNc3cccc(-c4cccc(C(=O)O)c4)c3O)c3ccc(S(C)(=O)=O)cc32)cc1C. The molecule has 0 aliphatic carbocycles. The van der Waals surface area contributed by atoms with E-state index in [2.05, 4.69) is 10.5 Å². The van der Waals surface area contributed by atoms with Gasteiger partial charge < -0.3 is 10.2 Å². The van der Waals surface area contributed by atoms with Gasteiger partial charge in [0, 0.05) is 23.1 Å². The summed E-state index contributed by atoms with van der Waals surface area (Å²) in [6, 6.07) is 21.0. The molecular weight excluding hydrogens is 530 g/mol. The minimum atomic E-state index is -3.54. The summed E-state index contributed by atoms with van der Waals surface area (Å²) in [5.41, 5.74) is 7.30. The van der Waals surface area contributed by atoms with Crippen LogP contribution in [0.5, 0.6) is 5.75 Å². The normalized spacial score (nSPS) is 13.9. The van der Waals surface area contributed by atoms with Gasteiger partial charge in [0.05, 0.1) is 21.8 Å². The van der Waals surface area contributed by atoms with Gasteiger partial charge in [-0.1, -0.05) is 30.3 Å². The molecule has 202 valence electrons. The summed E-state index contributed by atoms with van der Waals surface area (Å²) in [7, 11) is -3.54. The van der Waals surface area contributed by atoms with E-state index in [4.69, 9.17) is 0 Å². The Morgan fingerprint density at radius 1 is 0.900 bits per heavy atom. The number of amides is 1. The lowest BCUT2D eigenvalue weighted by atomic mass is 10.0. The van der Waals surface area contributed by atoms with Crippen LogP contribution in [0.15, 0.2) is 88.9 Å². The van der Waals surface area contributed by atoms with Crippen LogP contribution < -0.4 is 10.3 Å². The molecule has 0 saturated heterocycles. The highest BCUT2D eigenvalue weighted by Gasteiger charge is 2.36. The van der Waals surface area contributed by atoms with Crippen molar-refractivity contribution >= 4 is 44.5 Å². The summed E-state index contributed by atoms with van der Waals surface area (Å²) in [4.78, 5) is 26.6. The number of carbonyl (C=O) groups excluding carboxylic acids is 1. The number of carboxylic acid groups (broad SMARTS) is 1. The quantitative estimate of drug-likeness (QED) is 0.218. The number of anilines is 3. The summed E-state index contributed by atoms with van der Waals surface area (Å²) in [6.07, 6.45) is 1.10. The summed E-state index contributed by atoms with van der Waals surface area (Å²) in [5.74, 6) is -1.74. The topological polar surface area (TPSA) is 136 Å². The molecule has 0 spiro atoms. The van der Waals surface area contributed by atoms with Crippen molar-refractivity contribution < 1.29 is 28.2 Å². The maximum atomic E-state index is 13.7. The molecule has 0 radical (unpaired) electrons. The molecule has 1 aliphatic heterocycles. The van der Waals surface area contributed by atoms with Crippen molar-refractivity contribution in [2.75, 3.05) is 16.6 Å². The van der Waals surface area contributed by atoms with Crippen molar-refractivity contribution in [2.24, 2.45) is 5.10 Å². The molecule has 1 aliphatic rings. The predicted molar refractivity (Wildman–Crippen MR) is 153 cm³/mol. The molecule has 0 aromatic heterocycles. The fourth-order valence-electron chi connectivity index (χ4n) is 4.49. The Kier molecular flexibility index (Phi) is 6.64. The molecule has 5 rings (SSSR count). The lowest BCUT2D eigenvalue weighted by molar-refractivity contribution is -0.111. The average molecular weight is 556 g/mol. The molecule has 0 fully saturated rings. The van der Waals surface area contributed by atoms with Crippen molar-refractivity contribution in [3.05, 3.63) is 101 Å². The summed E-state index contributed by atoms with van der Waals surface area (Å²) < 4.78 is 24.6. The van der Waals surface area contributed by atoms with Crippen LogP contribution in [0.2, 0.25) is 0 Å². The van der Waals surface area contributed by atoms with Gasteiger partial charge >= 0.3 is 5.97 Å². The van der Waals surface area contributed by atoms with E-state index in [0.717, 1.165) is 17.4 Å². The second-order valence-corrected chi connectivity index (χ2v) is 11.5. The lowest BCUT2D eigenvalue weighted by Gasteiger charge is -2.18. The number of rotatable bonds is 6. The van der Waals surface area contributed by atoms with Gasteiger partial charge in [0.1, 0.15) is 5.75 Å². The summed E-state index contributed by atoms with van der Waals surface area (Å²) in [5, 5.41) is 24.6. The first-order chi connectivity index (χ1) is 19.0. The van der Waals surface area contributed by atoms with Gasteiger partial charge in [-0.15, -0.1) is 0 Å². The molecule has 9 nitrogen and oxygen atoms in total. The summed E-state index contributed by atoms with van der Waals surface area (Å²) >= 11 is 0. The number of para-hydroxylation sites is 1. The zero-order valence-electron chi connectivity index (χ0n) is 21.8. The maximum Gasteiger partial charge on any atom is 0.335 e. The number of hydrogen-bond acceptors (Lipinski definition) is 7. The van der Waals surface area contributed by atoms with Crippen molar-refractivity contribution in [3.63, 3.8) is 0 Å². The molecule has 0 bridgehead atoms. The van der Waals surface area contributed by atoms with Crippen LogP contribution in [-0.2, 0) is 14.6 Å². The zero-order chi connectivity index (χ0) is 28.8. The van der Waals surface area contributed by atoms with Crippen molar-refractivity contribution in [1.29, 1.82) is 0 Å². The fourth-order valence-corrected chi connectivity index (χ4v) is 5.13. The standard InChI is InChI=1S/C30H25N3O6S/c1-17-10-11-21(14-18(17)2)33-26-16-22(40(3,38)39)12-13-24(26)27(29(33)35)32-31-25-9-5-8-23(28(25)34)19-6-4-7-20(15-19)30(36)37/h4-16,31,34H,1-3H3,(H,36,37). The third-order valence-corrected chi connectivity index (χ3v) is 7.90. The molecule has 0 atom stereocenters. The number of carboxylic acids is 1.